The lowest BCUT2D eigenvalue weighted by Crippen LogP contribution is -2.30. The zero-order valence-corrected chi connectivity index (χ0v) is 21.5. The van der Waals surface area contributed by atoms with E-state index in [0.29, 0.717) is 25.7 Å². The van der Waals surface area contributed by atoms with Gasteiger partial charge in [0.15, 0.2) is 6.61 Å². The Balaban J connectivity index is 1.42. The summed E-state index contributed by atoms with van der Waals surface area (Å²) in [6.07, 6.45) is 1.79. The van der Waals surface area contributed by atoms with Gasteiger partial charge in [-0.25, -0.2) is 0 Å². The van der Waals surface area contributed by atoms with Gasteiger partial charge in [-0.3, -0.25) is 14.5 Å². The first kappa shape index (κ1) is 25.0. The third-order valence-corrected chi connectivity index (χ3v) is 7.30. The van der Waals surface area contributed by atoms with Gasteiger partial charge in [-0.05, 0) is 60.9 Å². The molecule has 1 fully saturated rings. The molecule has 0 aliphatic carbocycles. The van der Waals surface area contributed by atoms with Crippen LogP contribution in [0.3, 0.4) is 0 Å². The van der Waals surface area contributed by atoms with Gasteiger partial charge in [0.2, 0.25) is 0 Å². The number of anilines is 1. The van der Waals surface area contributed by atoms with E-state index in [-0.39, 0.29) is 24.5 Å². The molecule has 0 spiro atoms. The lowest BCUT2D eigenvalue weighted by Gasteiger charge is -2.23. The van der Waals surface area contributed by atoms with E-state index in [1.807, 2.05) is 56.3 Å². The second kappa shape index (κ2) is 11.1. The van der Waals surface area contributed by atoms with Gasteiger partial charge in [0.05, 0.1) is 10.9 Å². The Morgan fingerprint density at radius 3 is 2.66 bits per heavy atom. The minimum atomic E-state index is -0.295. The third kappa shape index (κ3) is 5.93. The van der Waals surface area contributed by atoms with Gasteiger partial charge in [0.25, 0.3) is 11.8 Å². The van der Waals surface area contributed by atoms with Crippen LogP contribution >= 0.6 is 35.6 Å². The van der Waals surface area contributed by atoms with E-state index in [9.17, 15) is 9.59 Å². The minimum Gasteiger partial charge on any atom is -0.484 e. The molecule has 4 rings (SSSR count). The highest BCUT2D eigenvalue weighted by molar-refractivity contribution is 8.26. The molecule has 1 aliphatic heterocycles. The monoisotopic (exact) mass is 522 g/mol. The Morgan fingerprint density at radius 2 is 1.89 bits per heavy atom. The fourth-order valence-corrected chi connectivity index (χ4v) is 5.21. The number of nitrogens with one attached hydrogen (secondary N) is 1. The lowest BCUT2D eigenvalue weighted by molar-refractivity contribution is -0.123. The maximum absolute atomic E-state index is 13.1. The second-order valence-electron chi connectivity index (χ2n) is 7.96. The van der Waals surface area contributed by atoms with Crippen molar-refractivity contribution in [2.24, 2.45) is 0 Å². The van der Waals surface area contributed by atoms with Crippen molar-refractivity contribution in [3.05, 3.63) is 99.4 Å². The van der Waals surface area contributed by atoms with Crippen LogP contribution in [0.15, 0.2) is 77.7 Å². The van der Waals surface area contributed by atoms with Crippen molar-refractivity contribution >= 4 is 63.5 Å². The van der Waals surface area contributed by atoms with E-state index in [2.05, 4.69) is 5.32 Å². The number of ether oxygens (including phenoxy) is 1. The first-order valence-electron chi connectivity index (χ1n) is 10.9. The summed E-state index contributed by atoms with van der Waals surface area (Å²) < 4.78 is 6.20. The zero-order chi connectivity index (χ0) is 24.9. The van der Waals surface area contributed by atoms with Gasteiger partial charge in [-0.2, -0.15) is 0 Å². The summed E-state index contributed by atoms with van der Waals surface area (Å²) in [5.41, 5.74) is 3.24. The molecule has 1 atom stereocenters. The average Bonchev–Trinajstić information content (AvgIpc) is 3.13. The molecule has 3 aromatic rings. The van der Waals surface area contributed by atoms with Crippen LogP contribution in [-0.4, -0.2) is 27.6 Å². The molecule has 8 heteroatoms. The number of carbonyl (C=O) groups excluding carboxylic acids is 2. The number of thioether (sulfide) groups is 1. The van der Waals surface area contributed by atoms with Gasteiger partial charge in [-0.15, -0.1) is 0 Å². The van der Waals surface area contributed by atoms with Gasteiger partial charge in [-0.1, -0.05) is 84.1 Å². The normalized spacial score (nSPS) is 15.4. The highest BCUT2D eigenvalue weighted by atomic mass is 35.5. The standard InChI is InChI=1S/C27H23ClN2O3S2/c1-17-22(28)12-7-13-23(17)29-25(31)16-33-21-11-6-8-19(14-21)15-24-26(32)30(27(34)35-24)18(2)20-9-4-3-5-10-20/h3-15,18H,16H2,1-2H3,(H,29,31)/b24-15-/t18-/m0/s1. The van der Waals surface area contributed by atoms with Crippen LogP contribution in [0.25, 0.3) is 6.08 Å². The van der Waals surface area contributed by atoms with Crippen molar-refractivity contribution in [3.8, 4) is 5.75 Å². The van der Waals surface area contributed by atoms with Crippen molar-refractivity contribution in [2.75, 3.05) is 11.9 Å². The van der Waals surface area contributed by atoms with Crippen molar-refractivity contribution < 1.29 is 14.3 Å². The van der Waals surface area contributed by atoms with E-state index in [4.69, 9.17) is 28.6 Å². The number of benzene rings is 3. The maximum Gasteiger partial charge on any atom is 0.266 e. The summed E-state index contributed by atoms with van der Waals surface area (Å²) in [5.74, 6) is 0.0975. The van der Waals surface area contributed by atoms with E-state index in [1.165, 1.54) is 11.8 Å². The predicted octanol–water partition coefficient (Wildman–Crippen LogP) is 6.63. The molecular formula is C27H23ClN2O3S2. The second-order valence-corrected chi connectivity index (χ2v) is 10.0. The molecule has 0 unspecified atom stereocenters. The molecule has 1 saturated heterocycles. The topological polar surface area (TPSA) is 58.6 Å². The fourth-order valence-electron chi connectivity index (χ4n) is 3.62. The summed E-state index contributed by atoms with van der Waals surface area (Å²) in [4.78, 5) is 27.7. The van der Waals surface area contributed by atoms with E-state index >= 15 is 0 Å². The summed E-state index contributed by atoms with van der Waals surface area (Å²) in [6.45, 7) is 3.64. The summed E-state index contributed by atoms with van der Waals surface area (Å²) in [7, 11) is 0. The van der Waals surface area contributed by atoms with Crippen molar-refractivity contribution in [2.45, 2.75) is 19.9 Å². The summed E-state index contributed by atoms with van der Waals surface area (Å²) in [6, 6.07) is 22.2. The van der Waals surface area contributed by atoms with Crippen LogP contribution in [-0.2, 0) is 9.59 Å². The SMILES string of the molecule is Cc1c(Cl)cccc1NC(=O)COc1cccc(/C=C2\SC(=S)N([C@@H](C)c3ccccc3)C2=O)c1. The first-order valence-corrected chi connectivity index (χ1v) is 12.5. The molecule has 0 radical (unpaired) electrons. The molecule has 5 nitrogen and oxygen atoms in total. The molecule has 1 aliphatic rings. The van der Waals surface area contributed by atoms with Crippen molar-refractivity contribution in [3.63, 3.8) is 0 Å². The Bertz CT molecular complexity index is 1310. The van der Waals surface area contributed by atoms with Gasteiger partial charge < -0.3 is 10.1 Å². The van der Waals surface area contributed by atoms with Crippen molar-refractivity contribution in [1.82, 2.24) is 4.90 Å². The van der Waals surface area contributed by atoms with Crippen LogP contribution in [0.2, 0.25) is 5.02 Å². The minimum absolute atomic E-state index is 0.126. The smallest absolute Gasteiger partial charge is 0.266 e. The molecule has 35 heavy (non-hydrogen) atoms. The molecule has 0 saturated carbocycles. The van der Waals surface area contributed by atoms with Crippen LogP contribution in [0.4, 0.5) is 5.69 Å². The number of rotatable bonds is 7. The average molecular weight is 523 g/mol. The summed E-state index contributed by atoms with van der Waals surface area (Å²) >= 11 is 12.9. The highest BCUT2D eigenvalue weighted by Gasteiger charge is 2.35. The molecule has 0 aromatic heterocycles. The van der Waals surface area contributed by atoms with Gasteiger partial charge in [0.1, 0.15) is 10.1 Å². The Labute approximate surface area is 219 Å². The molecule has 178 valence electrons. The predicted molar refractivity (Wildman–Crippen MR) is 147 cm³/mol. The number of thiocarbonyl (C=S) groups is 1. The maximum atomic E-state index is 13.1. The Morgan fingerprint density at radius 1 is 1.14 bits per heavy atom. The van der Waals surface area contributed by atoms with Gasteiger partial charge in [0, 0.05) is 10.7 Å². The largest absolute Gasteiger partial charge is 0.484 e. The van der Waals surface area contributed by atoms with Crippen LogP contribution in [0, 0.1) is 6.92 Å². The molecule has 3 aromatic carbocycles. The van der Waals surface area contributed by atoms with Crippen LogP contribution < -0.4 is 10.1 Å². The number of hydrogen-bond acceptors (Lipinski definition) is 5. The van der Waals surface area contributed by atoms with Crippen LogP contribution in [0.5, 0.6) is 5.75 Å². The number of nitrogens with zero attached hydrogens (tertiary/aromatic N) is 1. The fraction of sp³-hybridized carbons (Fsp3) is 0.148. The van der Waals surface area contributed by atoms with Crippen LogP contribution in [0.1, 0.15) is 29.7 Å². The first-order chi connectivity index (χ1) is 16.8. The number of hydrogen-bond donors (Lipinski definition) is 1. The molecular weight excluding hydrogens is 500 g/mol. The molecule has 1 heterocycles. The quantitative estimate of drug-likeness (QED) is 0.279. The van der Waals surface area contributed by atoms with E-state index in [1.54, 1.807) is 41.3 Å². The molecule has 1 N–H and O–H groups in total. The Hall–Kier alpha value is -3.13. The third-order valence-electron chi connectivity index (χ3n) is 5.56. The zero-order valence-electron chi connectivity index (χ0n) is 19.2. The van der Waals surface area contributed by atoms with E-state index in [0.717, 1.165) is 16.7 Å². The number of halogens is 1. The lowest BCUT2D eigenvalue weighted by atomic mass is 10.1. The summed E-state index contributed by atoms with van der Waals surface area (Å²) in [5, 5.41) is 3.39. The number of carbonyl (C=O) groups is 2. The Kier molecular flexibility index (Phi) is 7.90. The van der Waals surface area contributed by atoms with E-state index < -0.39 is 0 Å². The highest BCUT2D eigenvalue weighted by Crippen LogP contribution is 2.38. The van der Waals surface area contributed by atoms with Crippen molar-refractivity contribution in [1.29, 1.82) is 0 Å². The number of amides is 2. The molecule has 2 amide bonds. The van der Waals surface area contributed by atoms with Gasteiger partial charge >= 0.3 is 0 Å². The molecule has 0 bridgehead atoms.